The first-order chi connectivity index (χ1) is 9.72. The number of aromatic nitrogens is 3. The Morgan fingerprint density at radius 2 is 2.20 bits per heavy atom. The number of halogens is 1. The van der Waals surface area contributed by atoms with E-state index < -0.39 is 0 Å². The summed E-state index contributed by atoms with van der Waals surface area (Å²) in [7, 11) is 3.59. The Labute approximate surface area is 125 Å². The van der Waals surface area contributed by atoms with Gasteiger partial charge in [0.2, 0.25) is 0 Å². The van der Waals surface area contributed by atoms with Gasteiger partial charge in [0.1, 0.15) is 10.4 Å². The maximum atomic E-state index is 5.25. The van der Waals surface area contributed by atoms with Gasteiger partial charge in [-0.25, -0.2) is 9.67 Å². The van der Waals surface area contributed by atoms with Crippen LogP contribution in [0.2, 0.25) is 0 Å². The van der Waals surface area contributed by atoms with Crippen LogP contribution in [-0.2, 0) is 6.54 Å². The second-order valence-corrected chi connectivity index (χ2v) is 5.29. The van der Waals surface area contributed by atoms with Crippen molar-refractivity contribution in [3.63, 3.8) is 0 Å². The number of nitrogens with zero attached hydrogens (tertiary/aromatic N) is 3. The van der Waals surface area contributed by atoms with E-state index in [1.54, 1.807) is 7.11 Å². The molecule has 1 aromatic carbocycles. The quantitative estimate of drug-likeness (QED) is 0.796. The van der Waals surface area contributed by atoms with Gasteiger partial charge in [0, 0.05) is 18.0 Å². The standard InChI is InChI=1S/C14H15BrN4O/c1-16-5-6-19-14-11(13(15)18-19)7-9-3-4-10(20-2)8-12(9)17-14/h3-4,7-8,16H,5-6H2,1-2H3. The number of pyridine rings is 1. The molecule has 5 nitrogen and oxygen atoms in total. The number of ether oxygens (including phenoxy) is 1. The van der Waals surface area contributed by atoms with Gasteiger partial charge in [0.25, 0.3) is 0 Å². The molecule has 0 saturated heterocycles. The second kappa shape index (κ2) is 5.38. The largest absolute Gasteiger partial charge is 0.497 e. The highest BCUT2D eigenvalue weighted by Gasteiger charge is 2.11. The lowest BCUT2D eigenvalue weighted by Gasteiger charge is -2.04. The normalized spacial score (nSPS) is 11.3. The lowest BCUT2D eigenvalue weighted by Crippen LogP contribution is -2.15. The highest BCUT2D eigenvalue weighted by atomic mass is 79.9. The summed E-state index contributed by atoms with van der Waals surface area (Å²) >= 11 is 3.51. The molecule has 0 bridgehead atoms. The van der Waals surface area contributed by atoms with Crippen LogP contribution in [0, 0.1) is 0 Å². The molecule has 1 N–H and O–H groups in total. The first-order valence-corrected chi connectivity index (χ1v) is 7.17. The first kappa shape index (κ1) is 13.3. The highest BCUT2D eigenvalue weighted by molar-refractivity contribution is 9.10. The van der Waals surface area contributed by atoms with Crippen LogP contribution in [-0.4, -0.2) is 35.5 Å². The van der Waals surface area contributed by atoms with Gasteiger partial charge in [-0.2, -0.15) is 5.10 Å². The summed E-state index contributed by atoms with van der Waals surface area (Å²) in [5.74, 6) is 0.810. The molecule has 0 aliphatic heterocycles. The third kappa shape index (κ3) is 2.25. The van der Waals surface area contributed by atoms with Gasteiger partial charge in [0.05, 0.1) is 24.6 Å². The lowest BCUT2D eigenvalue weighted by atomic mass is 10.2. The monoisotopic (exact) mass is 334 g/mol. The number of nitrogens with one attached hydrogen (secondary N) is 1. The molecule has 20 heavy (non-hydrogen) atoms. The SMILES string of the molecule is CNCCn1nc(Br)c2cc3ccc(OC)cc3nc21. The Morgan fingerprint density at radius 3 is 2.95 bits per heavy atom. The maximum Gasteiger partial charge on any atom is 0.159 e. The van der Waals surface area contributed by atoms with Crippen LogP contribution in [0.4, 0.5) is 0 Å². The molecule has 3 aromatic rings. The van der Waals surface area contributed by atoms with E-state index in [0.717, 1.165) is 45.4 Å². The Morgan fingerprint density at radius 1 is 1.35 bits per heavy atom. The van der Waals surface area contributed by atoms with Crippen LogP contribution in [0.15, 0.2) is 28.9 Å². The number of fused-ring (bicyclic) bond motifs is 2. The molecule has 0 spiro atoms. The molecule has 0 saturated carbocycles. The maximum absolute atomic E-state index is 5.25. The van der Waals surface area contributed by atoms with Crippen molar-refractivity contribution < 1.29 is 4.74 Å². The molecule has 104 valence electrons. The first-order valence-electron chi connectivity index (χ1n) is 6.38. The van der Waals surface area contributed by atoms with Gasteiger partial charge < -0.3 is 10.1 Å². The van der Waals surface area contributed by atoms with Gasteiger partial charge in [-0.15, -0.1) is 0 Å². The van der Waals surface area contributed by atoms with Crippen molar-refractivity contribution in [3.05, 3.63) is 28.9 Å². The number of rotatable bonds is 4. The van der Waals surface area contributed by atoms with E-state index in [4.69, 9.17) is 9.72 Å². The fourth-order valence-electron chi connectivity index (χ4n) is 2.19. The van der Waals surface area contributed by atoms with E-state index in [2.05, 4.69) is 32.4 Å². The minimum absolute atomic E-state index is 0.779. The number of hydrogen-bond donors (Lipinski definition) is 1. The molecule has 6 heteroatoms. The minimum atomic E-state index is 0.779. The van der Waals surface area contributed by atoms with Crippen molar-refractivity contribution in [3.8, 4) is 5.75 Å². The summed E-state index contributed by atoms with van der Waals surface area (Å²) in [4.78, 5) is 4.72. The Balaban J connectivity index is 2.21. The average molecular weight is 335 g/mol. The van der Waals surface area contributed by atoms with Gasteiger partial charge in [-0.05, 0) is 41.2 Å². The lowest BCUT2D eigenvalue weighted by molar-refractivity contribution is 0.415. The predicted molar refractivity (Wildman–Crippen MR) is 83.2 cm³/mol. The molecule has 2 aromatic heterocycles. The molecule has 0 atom stereocenters. The summed E-state index contributed by atoms with van der Waals surface area (Å²) in [6.45, 7) is 1.63. The number of benzene rings is 1. The Bertz CT molecular complexity index is 769. The zero-order valence-corrected chi connectivity index (χ0v) is 12.9. The third-order valence-corrected chi connectivity index (χ3v) is 3.84. The van der Waals surface area contributed by atoms with Crippen molar-refractivity contribution in [2.24, 2.45) is 0 Å². The fraction of sp³-hybridized carbons (Fsp3) is 0.286. The summed E-state index contributed by atoms with van der Waals surface area (Å²) in [5, 5.41) is 9.72. The zero-order chi connectivity index (χ0) is 14.1. The van der Waals surface area contributed by atoms with Crippen LogP contribution >= 0.6 is 15.9 Å². The Hall–Kier alpha value is -1.66. The molecule has 3 rings (SSSR count). The number of methoxy groups -OCH3 is 1. The van der Waals surface area contributed by atoms with Crippen LogP contribution in [0.5, 0.6) is 5.75 Å². The van der Waals surface area contributed by atoms with Crippen LogP contribution in [0.25, 0.3) is 21.9 Å². The summed E-state index contributed by atoms with van der Waals surface area (Å²) in [6.07, 6.45) is 0. The fourth-order valence-corrected chi connectivity index (χ4v) is 2.68. The average Bonchev–Trinajstić information content (AvgIpc) is 2.78. The van der Waals surface area contributed by atoms with Crippen molar-refractivity contribution in [2.45, 2.75) is 6.54 Å². The van der Waals surface area contributed by atoms with Gasteiger partial charge in [0.15, 0.2) is 5.65 Å². The van der Waals surface area contributed by atoms with Gasteiger partial charge >= 0.3 is 0 Å². The molecule has 2 heterocycles. The van der Waals surface area contributed by atoms with E-state index >= 15 is 0 Å². The van der Waals surface area contributed by atoms with Crippen molar-refractivity contribution in [2.75, 3.05) is 20.7 Å². The Kier molecular flexibility index (Phi) is 3.58. The van der Waals surface area contributed by atoms with Gasteiger partial charge in [-0.1, -0.05) is 0 Å². The van der Waals surface area contributed by atoms with E-state index in [1.165, 1.54) is 0 Å². The predicted octanol–water partition coefficient (Wildman–Crippen LogP) is 2.58. The van der Waals surface area contributed by atoms with Crippen LogP contribution < -0.4 is 10.1 Å². The molecule has 0 unspecified atom stereocenters. The summed E-state index contributed by atoms with van der Waals surface area (Å²) in [6, 6.07) is 8.00. The summed E-state index contributed by atoms with van der Waals surface area (Å²) < 4.78 is 7.99. The minimum Gasteiger partial charge on any atom is -0.497 e. The summed E-state index contributed by atoms with van der Waals surface area (Å²) in [5.41, 5.74) is 1.79. The number of hydrogen-bond acceptors (Lipinski definition) is 4. The molecule has 0 aliphatic rings. The molecule has 0 radical (unpaired) electrons. The van der Waals surface area contributed by atoms with Crippen molar-refractivity contribution in [1.82, 2.24) is 20.1 Å². The smallest absolute Gasteiger partial charge is 0.159 e. The van der Waals surface area contributed by atoms with Gasteiger partial charge in [-0.3, -0.25) is 0 Å². The van der Waals surface area contributed by atoms with E-state index in [1.807, 2.05) is 29.9 Å². The van der Waals surface area contributed by atoms with Crippen molar-refractivity contribution >= 4 is 37.9 Å². The molecular formula is C14H15BrN4O. The number of likely N-dealkylation sites (N-methyl/N-ethyl adjacent to an activating group) is 1. The van der Waals surface area contributed by atoms with Crippen molar-refractivity contribution in [1.29, 1.82) is 0 Å². The zero-order valence-electron chi connectivity index (χ0n) is 11.4. The van der Waals surface area contributed by atoms with E-state index in [9.17, 15) is 0 Å². The van der Waals surface area contributed by atoms with E-state index in [-0.39, 0.29) is 0 Å². The van der Waals surface area contributed by atoms with E-state index in [0.29, 0.717) is 0 Å². The second-order valence-electron chi connectivity index (χ2n) is 4.54. The third-order valence-electron chi connectivity index (χ3n) is 3.25. The molecule has 0 fully saturated rings. The molecular weight excluding hydrogens is 320 g/mol. The topological polar surface area (TPSA) is 52.0 Å². The molecule has 0 amide bonds. The van der Waals surface area contributed by atoms with Crippen LogP contribution in [0.1, 0.15) is 0 Å². The highest BCUT2D eigenvalue weighted by Crippen LogP contribution is 2.27. The molecule has 0 aliphatic carbocycles. The van der Waals surface area contributed by atoms with Crippen LogP contribution in [0.3, 0.4) is 0 Å².